The van der Waals surface area contributed by atoms with E-state index in [0.717, 1.165) is 42.1 Å². The fourth-order valence-corrected chi connectivity index (χ4v) is 3.45. The Morgan fingerprint density at radius 1 is 1.17 bits per heavy atom. The normalized spacial score (nSPS) is 12.2. The Labute approximate surface area is 166 Å². The van der Waals surface area contributed by atoms with Gasteiger partial charge in [-0.1, -0.05) is 12.1 Å². The van der Waals surface area contributed by atoms with Crippen molar-refractivity contribution in [3.05, 3.63) is 41.8 Å². The maximum Gasteiger partial charge on any atom is 0.296 e. The first-order valence-corrected chi connectivity index (χ1v) is 9.53. The number of nitrogens with zero attached hydrogens (tertiary/aromatic N) is 2. The maximum absolute atomic E-state index is 14.4. The van der Waals surface area contributed by atoms with Crippen molar-refractivity contribution in [2.45, 2.75) is 17.7 Å². The van der Waals surface area contributed by atoms with Crippen LogP contribution in [0.3, 0.4) is 0 Å². The van der Waals surface area contributed by atoms with Crippen LogP contribution < -0.4 is 9.47 Å². The fourth-order valence-electron chi connectivity index (χ4n) is 2.77. The average Bonchev–Trinajstić information content (AvgIpc) is 3.05. The minimum Gasteiger partial charge on any atom is -0.479 e. The lowest BCUT2D eigenvalue weighted by molar-refractivity contribution is 0.0769. The molecule has 0 saturated heterocycles. The molecule has 0 radical (unpaired) electrons. The number of methoxy groups -OCH3 is 1. The molecule has 0 spiro atoms. The van der Waals surface area contributed by atoms with Gasteiger partial charge in [-0.3, -0.25) is 4.55 Å². The number of fused-ring (bicyclic) bond motifs is 1. The summed E-state index contributed by atoms with van der Waals surface area (Å²) in [7, 11) is -3.67. The molecule has 2 aromatic heterocycles. The third-order valence-electron chi connectivity index (χ3n) is 4.01. The van der Waals surface area contributed by atoms with E-state index in [1.165, 1.54) is 0 Å². The molecular formula is C17H13F5N2O5S. The summed E-state index contributed by atoms with van der Waals surface area (Å²) in [6, 6.07) is 3.73. The Hall–Kier alpha value is -2.93. The Kier molecular flexibility index (Phi) is 5.85. The first kappa shape index (κ1) is 21.8. The van der Waals surface area contributed by atoms with Crippen LogP contribution in [0.5, 0.6) is 11.8 Å². The summed E-state index contributed by atoms with van der Waals surface area (Å²) in [5.41, 5.74) is -0.833. The number of hydrogen-bond donors (Lipinski definition) is 1. The molecular weight excluding hydrogens is 439 g/mol. The summed E-state index contributed by atoms with van der Waals surface area (Å²) in [6.45, 7) is -1.14. The van der Waals surface area contributed by atoms with E-state index in [2.05, 4.69) is 9.72 Å². The summed E-state index contributed by atoms with van der Waals surface area (Å²) in [6.07, 6.45) is -4.92. The van der Waals surface area contributed by atoms with Crippen molar-refractivity contribution >= 4 is 21.0 Å². The summed E-state index contributed by atoms with van der Waals surface area (Å²) in [4.78, 5) is 3.02. The largest absolute Gasteiger partial charge is 0.479 e. The molecule has 2 heterocycles. The van der Waals surface area contributed by atoms with Gasteiger partial charge in [0.25, 0.3) is 28.8 Å². The van der Waals surface area contributed by atoms with Crippen molar-refractivity contribution in [1.29, 1.82) is 0 Å². The maximum atomic E-state index is 14.4. The highest BCUT2D eigenvalue weighted by Gasteiger charge is 2.24. The lowest BCUT2D eigenvalue weighted by atomic mass is 10.1. The van der Waals surface area contributed by atoms with E-state index in [1.54, 1.807) is 0 Å². The van der Waals surface area contributed by atoms with Gasteiger partial charge in [0.05, 0.1) is 12.6 Å². The van der Waals surface area contributed by atoms with Crippen molar-refractivity contribution < 1.29 is 44.4 Å². The SMILES string of the molecule is COc1nc(OCC(F)F)c(F)cc1-n1cc(S(=O)(=O)O)c2ccc(C(F)F)cc21. The van der Waals surface area contributed by atoms with Crippen LogP contribution in [0.1, 0.15) is 12.0 Å². The van der Waals surface area contributed by atoms with Crippen LogP contribution in [0, 0.1) is 5.82 Å². The predicted molar refractivity (Wildman–Crippen MR) is 93.9 cm³/mol. The molecule has 7 nitrogen and oxygen atoms in total. The number of hydrogen-bond acceptors (Lipinski definition) is 5. The van der Waals surface area contributed by atoms with Crippen molar-refractivity contribution in [3.8, 4) is 17.4 Å². The van der Waals surface area contributed by atoms with E-state index in [9.17, 15) is 34.9 Å². The van der Waals surface area contributed by atoms with Gasteiger partial charge in [-0.15, -0.1) is 0 Å². The molecule has 1 N–H and O–H groups in total. The van der Waals surface area contributed by atoms with Crippen molar-refractivity contribution in [1.82, 2.24) is 9.55 Å². The molecule has 0 fully saturated rings. The van der Waals surface area contributed by atoms with E-state index < -0.39 is 51.7 Å². The lowest BCUT2D eigenvalue weighted by Gasteiger charge is -2.13. The number of alkyl halides is 4. The second kappa shape index (κ2) is 8.07. The Bertz CT molecular complexity index is 1200. The highest BCUT2D eigenvalue weighted by molar-refractivity contribution is 7.86. The molecule has 0 amide bonds. The van der Waals surface area contributed by atoms with E-state index in [-0.39, 0.29) is 22.5 Å². The highest BCUT2D eigenvalue weighted by Crippen LogP contribution is 2.35. The second-order valence-corrected chi connectivity index (χ2v) is 7.31. The van der Waals surface area contributed by atoms with Gasteiger partial charge in [-0.05, 0) is 6.07 Å². The van der Waals surface area contributed by atoms with E-state index in [1.807, 2.05) is 0 Å². The molecule has 0 aliphatic heterocycles. The fraction of sp³-hybridized carbons (Fsp3) is 0.235. The molecule has 30 heavy (non-hydrogen) atoms. The summed E-state index contributed by atoms with van der Waals surface area (Å²) < 4.78 is 109. The molecule has 0 bridgehead atoms. The summed E-state index contributed by atoms with van der Waals surface area (Å²) >= 11 is 0. The number of aromatic nitrogens is 2. The average molecular weight is 452 g/mol. The van der Waals surface area contributed by atoms with Crippen LogP contribution in [0.2, 0.25) is 0 Å². The first-order chi connectivity index (χ1) is 14.0. The van der Waals surface area contributed by atoms with Gasteiger partial charge in [0.2, 0.25) is 5.88 Å². The third-order valence-corrected chi connectivity index (χ3v) is 4.89. The number of ether oxygens (including phenoxy) is 2. The number of pyridine rings is 1. The smallest absolute Gasteiger partial charge is 0.296 e. The zero-order valence-electron chi connectivity index (χ0n) is 15.0. The van der Waals surface area contributed by atoms with Gasteiger partial charge in [-0.2, -0.15) is 13.4 Å². The van der Waals surface area contributed by atoms with E-state index >= 15 is 0 Å². The Morgan fingerprint density at radius 2 is 1.87 bits per heavy atom. The molecule has 162 valence electrons. The summed E-state index contributed by atoms with van der Waals surface area (Å²) in [5.74, 6) is -2.36. The molecule has 3 rings (SSSR count). The van der Waals surface area contributed by atoms with Crippen molar-refractivity contribution in [3.63, 3.8) is 0 Å². The predicted octanol–water partition coefficient (Wildman–Crippen LogP) is 4.00. The molecule has 3 aromatic rings. The number of halogens is 5. The van der Waals surface area contributed by atoms with Gasteiger partial charge in [0.1, 0.15) is 10.6 Å². The monoisotopic (exact) mass is 452 g/mol. The van der Waals surface area contributed by atoms with Gasteiger partial charge in [-0.25, -0.2) is 22.0 Å². The Balaban J connectivity index is 2.27. The molecule has 0 aliphatic carbocycles. The van der Waals surface area contributed by atoms with Crippen molar-refractivity contribution in [2.24, 2.45) is 0 Å². The topological polar surface area (TPSA) is 90.7 Å². The molecule has 0 unspecified atom stereocenters. The number of benzene rings is 1. The van der Waals surface area contributed by atoms with Crippen LogP contribution >= 0.6 is 0 Å². The zero-order chi connectivity index (χ0) is 22.2. The Morgan fingerprint density at radius 3 is 2.43 bits per heavy atom. The van der Waals surface area contributed by atoms with Gasteiger partial charge >= 0.3 is 0 Å². The van der Waals surface area contributed by atoms with Crippen molar-refractivity contribution in [2.75, 3.05) is 13.7 Å². The molecule has 13 heteroatoms. The van der Waals surface area contributed by atoms with Crippen LogP contribution in [-0.2, 0) is 10.1 Å². The molecule has 0 aliphatic rings. The quantitative estimate of drug-likeness (QED) is 0.431. The molecule has 1 aromatic carbocycles. The first-order valence-electron chi connectivity index (χ1n) is 8.09. The van der Waals surface area contributed by atoms with Crippen LogP contribution in [0.4, 0.5) is 22.0 Å². The molecule has 0 atom stereocenters. The van der Waals surface area contributed by atoms with Crippen LogP contribution in [0.25, 0.3) is 16.6 Å². The highest BCUT2D eigenvalue weighted by atomic mass is 32.2. The summed E-state index contributed by atoms with van der Waals surface area (Å²) in [5, 5.41) is -0.123. The van der Waals surface area contributed by atoms with Gasteiger partial charge in [0, 0.05) is 23.2 Å². The minimum atomic E-state index is -4.78. The van der Waals surface area contributed by atoms with E-state index in [4.69, 9.17) is 4.74 Å². The van der Waals surface area contributed by atoms with E-state index in [0.29, 0.717) is 0 Å². The van der Waals surface area contributed by atoms with Crippen LogP contribution in [-0.4, -0.2) is 42.7 Å². The van der Waals surface area contributed by atoms with Crippen LogP contribution in [0.15, 0.2) is 35.4 Å². The third kappa shape index (κ3) is 4.16. The van der Waals surface area contributed by atoms with Gasteiger partial charge in [0.15, 0.2) is 12.4 Å². The standard InChI is InChI=1S/C17H13F5N2O5S/c1-28-17-12(5-10(18)16(23-17)29-7-14(19)20)24-6-13(30(25,26)27)9-3-2-8(15(21)22)4-11(9)24/h2-6,14-15H,7H2,1H3,(H,25,26,27). The van der Waals surface area contributed by atoms with Gasteiger partial charge < -0.3 is 14.0 Å². The number of rotatable bonds is 7. The second-order valence-electron chi connectivity index (χ2n) is 5.92. The zero-order valence-corrected chi connectivity index (χ0v) is 15.8. The lowest BCUT2D eigenvalue weighted by Crippen LogP contribution is -2.10. The molecule has 0 saturated carbocycles. The minimum absolute atomic E-state index is 0.123.